The van der Waals surface area contributed by atoms with Crippen molar-refractivity contribution in [3.05, 3.63) is 28.0 Å². The molecule has 1 heterocycles. The van der Waals surface area contributed by atoms with Gasteiger partial charge in [0.2, 0.25) is 5.91 Å². The van der Waals surface area contributed by atoms with Crippen LogP contribution in [0.5, 0.6) is 0 Å². The number of amides is 1. The predicted molar refractivity (Wildman–Crippen MR) is 86.4 cm³/mol. The van der Waals surface area contributed by atoms with Crippen molar-refractivity contribution in [3.8, 4) is 0 Å². The molecule has 0 spiro atoms. The molecule has 21 heavy (non-hydrogen) atoms. The van der Waals surface area contributed by atoms with Crippen molar-refractivity contribution in [3.63, 3.8) is 0 Å². The number of aliphatic carboxylic acids is 1. The van der Waals surface area contributed by atoms with Gasteiger partial charge in [0.05, 0.1) is 0 Å². The fourth-order valence-electron chi connectivity index (χ4n) is 2.04. The summed E-state index contributed by atoms with van der Waals surface area (Å²) in [6.07, 6.45) is 5.99. The second-order valence-electron chi connectivity index (χ2n) is 5.07. The Labute approximate surface area is 129 Å². The topological polar surface area (TPSA) is 66.4 Å². The van der Waals surface area contributed by atoms with E-state index >= 15 is 0 Å². The van der Waals surface area contributed by atoms with Crippen LogP contribution in [0.1, 0.15) is 42.4 Å². The Bertz CT molecular complexity index is 493. The van der Waals surface area contributed by atoms with E-state index in [1.54, 1.807) is 17.4 Å². The number of carboxylic acids is 1. The molecular weight excluding hydrogens is 286 g/mol. The smallest absolute Gasteiger partial charge is 0.303 e. The standard InChI is InChI=1S/C16H23NO3S/c1-3-13(5-9-16(19)20)10-11-17-15(18)8-7-14-6-4-12(2)21-14/h4,6-8,13H,3,5,9-11H2,1-2H3,(H,17,18)(H,19,20). The fraction of sp³-hybridized carbons (Fsp3) is 0.500. The summed E-state index contributed by atoms with van der Waals surface area (Å²) in [4.78, 5) is 24.5. The summed E-state index contributed by atoms with van der Waals surface area (Å²) in [7, 11) is 0. The summed E-state index contributed by atoms with van der Waals surface area (Å²) < 4.78 is 0. The number of rotatable bonds is 9. The Hall–Kier alpha value is -1.62. The summed E-state index contributed by atoms with van der Waals surface area (Å²) in [5.41, 5.74) is 0. The van der Waals surface area contributed by atoms with Crippen molar-refractivity contribution >= 4 is 29.3 Å². The van der Waals surface area contributed by atoms with Crippen LogP contribution in [0.25, 0.3) is 6.08 Å². The minimum absolute atomic E-state index is 0.103. The van der Waals surface area contributed by atoms with Gasteiger partial charge >= 0.3 is 5.97 Å². The first-order valence-corrected chi connectivity index (χ1v) is 8.07. The van der Waals surface area contributed by atoms with Gasteiger partial charge in [-0.1, -0.05) is 13.3 Å². The third-order valence-electron chi connectivity index (χ3n) is 3.36. The third kappa shape index (κ3) is 7.66. The lowest BCUT2D eigenvalue weighted by atomic mass is 9.97. The van der Waals surface area contributed by atoms with Gasteiger partial charge in [-0.05, 0) is 43.9 Å². The molecule has 1 aromatic heterocycles. The molecule has 5 heteroatoms. The van der Waals surface area contributed by atoms with E-state index in [9.17, 15) is 9.59 Å². The average Bonchev–Trinajstić information content (AvgIpc) is 2.86. The maximum absolute atomic E-state index is 11.7. The molecule has 1 atom stereocenters. The SMILES string of the molecule is CCC(CCNC(=O)C=Cc1ccc(C)s1)CCC(=O)O. The molecule has 0 radical (unpaired) electrons. The summed E-state index contributed by atoms with van der Waals surface area (Å²) >= 11 is 1.65. The molecule has 4 nitrogen and oxygen atoms in total. The first-order valence-electron chi connectivity index (χ1n) is 7.25. The van der Waals surface area contributed by atoms with Gasteiger partial charge in [-0.3, -0.25) is 9.59 Å². The van der Waals surface area contributed by atoms with E-state index in [1.807, 2.05) is 32.1 Å². The number of carbonyl (C=O) groups is 2. The van der Waals surface area contributed by atoms with Crippen molar-refractivity contribution in [2.24, 2.45) is 5.92 Å². The van der Waals surface area contributed by atoms with Crippen LogP contribution in [-0.4, -0.2) is 23.5 Å². The Morgan fingerprint density at radius 3 is 2.71 bits per heavy atom. The van der Waals surface area contributed by atoms with Crippen LogP contribution in [-0.2, 0) is 9.59 Å². The van der Waals surface area contributed by atoms with Crippen molar-refractivity contribution in [2.75, 3.05) is 6.54 Å². The first-order chi connectivity index (χ1) is 10.0. The zero-order valence-corrected chi connectivity index (χ0v) is 13.4. The van der Waals surface area contributed by atoms with Crippen LogP contribution in [0.3, 0.4) is 0 Å². The fourth-order valence-corrected chi connectivity index (χ4v) is 2.82. The molecule has 0 bridgehead atoms. The molecule has 0 aromatic carbocycles. The molecule has 0 aliphatic heterocycles. The Morgan fingerprint density at radius 1 is 1.38 bits per heavy atom. The highest BCUT2D eigenvalue weighted by Gasteiger charge is 2.09. The second-order valence-corrected chi connectivity index (χ2v) is 6.39. The largest absolute Gasteiger partial charge is 0.481 e. The lowest BCUT2D eigenvalue weighted by Gasteiger charge is -2.13. The predicted octanol–water partition coefficient (Wildman–Crippen LogP) is 3.47. The van der Waals surface area contributed by atoms with Gasteiger partial charge in [0.1, 0.15) is 0 Å². The van der Waals surface area contributed by atoms with E-state index in [-0.39, 0.29) is 12.3 Å². The van der Waals surface area contributed by atoms with E-state index in [0.29, 0.717) is 18.9 Å². The summed E-state index contributed by atoms with van der Waals surface area (Å²) in [6, 6.07) is 4.01. The summed E-state index contributed by atoms with van der Waals surface area (Å²) in [5, 5.41) is 11.5. The number of carbonyl (C=O) groups excluding carboxylic acids is 1. The van der Waals surface area contributed by atoms with Crippen LogP contribution in [0.2, 0.25) is 0 Å². The van der Waals surface area contributed by atoms with Crippen molar-refractivity contribution in [2.45, 2.75) is 39.5 Å². The normalized spacial score (nSPS) is 12.5. The molecule has 1 amide bonds. The molecule has 0 fully saturated rings. The molecule has 0 aliphatic carbocycles. The molecular formula is C16H23NO3S. The zero-order valence-electron chi connectivity index (χ0n) is 12.6. The molecule has 1 rings (SSSR count). The number of carboxylic acid groups (broad SMARTS) is 1. The first kappa shape index (κ1) is 17.4. The lowest BCUT2D eigenvalue weighted by Crippen LogP contribution is -2.24. The van der Waals surface area contributed by atoms with E-state index in [2.05, 4.69) is 5.32 Å². The quantitative estimate of drug-likeness (QED) is 0.686. The van der Waals surface area contributed by atoms with Crippen LogP contribution in [0.4, 0.5) is 0 Å². The van der Waals surface area contributed by atoms with E-state index in [4.69, 9.17) is 5.11 Å². The average molecular weight is 309 g/mol. The Kier molecular flexibility index (Phi) is 7.75. The van der Waals surface area contributed by atoms with Crippen molar-refractivity contribution < 1.29 is 14.7 Å². The van der Waals surface area contributed by atoms with Crippen LogP contribution >= 0.6 is 11.3 Å². The van der Waals surface area contributed by atoms with Crippen molar-refractivity contribution in [1.82, 2.24) is 5.32 Å². The number of hydrogen-bond donors (Lipinski definition) is 2. The van der Waals surface area contributed by atoms with Gasteiger partial charge in [0.25, 0.3) is 0 Å². The maximum atomic E-state index is 11.7. The number of aryl methyl sites for hydroxylation is 1. The zero-order chi connectivity index (χ0) is 15.7. The van der Waals surface area contributed by atoms with E-state index in [1.165, 1.54) is 4.88 Å². The highest BCUT2D eigenvalue weighted by molar-refractivity contribution is 7.12. The number of hydrogen-bond acceptors (Lipinski definition) is 3. The minimum Gasteiger partial charge on any atom is -0.481 e. The number of nitrogens with one attached hydrogen (secondary N) is 1. The summed E-state index contributed by atoms with van der Waals surface area (Å²) in [6.45, 7) is 4.67. The number of thiophene rings is 1. The lowest BCUT2D eigenvalue weighted by molar-refractivity contribution is -0.137. The van der Waals surface area contributed by atoms with E-state index < -0.39 is 5.97 Å². The van der Waals surface area contributed by atoms with E-state index in [0.717, 1.165) is 17.7 Å². The molecule has 0 saturated carbocycles. The Morgan fingerprint density at radius 2 is 2.14 bits per heavy atom. The van der Waals surface area contributed by atoms with Gasteiger partial charge in [-0.2, -0.15) is 0 Å². The maximum Gasteiger partial charge on any atom is 0.303 e. The monoisotopic (exact) mass is 309 g/mol. The van der Waals surface area contributed by atoms with Gasteiger partial charge in [0, 0.05) is 28.8 Å². The molecule has 1 aromatic rings. The molecule has 2 N–H and O–H groups in total. The minimum atomic E-state index is -0.758. The van der Waals surface area contributed by atoms with Gasteiger partial charge in [0.15, 0.2) is 0 Å². The Balaban J connectivity index is 2.25. The molecule has 1 unspecified atom stereocenters. The van der Waals surface area contributed by atoms with Crippen LogP contribution in [0, 0.1) is 12.8 Å². The van der Waals surface area contributed by atoms with Crippen LogP contribution in [0.15, 0.2) is 18.2 Å². The van der Waals surface area contributed by atoms with Crippen LogP contribution < -0.4 is 5.32 Å². The summed E-state index contributed by atoms with van der Waals surface area (Å²) in [5.74, 6) is -0.508. The highest BCUT2D eigenvalue weighted by Crippen LogP contribution is 2.16. The second kappa shape index (κ2) is 9.34. The molecule has 0 saturated heterocycles. The van der Waals surface area contributed by atoms with Gasteiger partial charge in [-0.25, -0.2) is 0 Å². The van der Waals surface area contributed by atoms with Gasteiger partial charge < -0.3 is 10.4 Å². The molecule has 0 aliphatic rings. The third-order valence-corrected chi connectivity index (χ3v) is 4.32. The van der Waals surface area contributed by atoms with Gasteiger partial charge in [-0.15, -0.1) is 11.3 Å². The highest BCUT2D eigenvalue weighted by atomic mass is 32.1. The van der Waals surface area contributed by atoms with Crippen molar-refractivity contribution in [1.29, 1.82) is 0 Å². The molecule has 116 valence electrons.